The van der Waals surface area contributed by atoms with Gasteiger partial charge in [-0.15, -0.1) is 0 Å². The lowest BCUT2D eigenvalue weighted by Crippen LogP contribution is -2.15. The Morgan fingerprint density at radius 3 is 2.60 bits per heavy atom. The first kappa shape index (κ1) is 9.93. The molecule has 0 saturated heterocycles. The Hall–Kier alpha value is -1.61. The normalized spacial score (nSPS) is 12.7. The van der Waals surface area contributed by atoms with Crippen LogP contribution in [0.3, 0.4) is 0 Å². The van der Waals surface area contributed by atoms with E-state index in [0.29, 0.717) is 0 Å². The number of aryl methyl sites for hydroxylation is 1. The highest BCUT2D eigenvalue weighted by atomic mass is 15.3. The van der Waals surface area contributed by atoms with Crippen LogP contribution in [0.4, 0.5) is 0 Å². The molecule has 0 bridgehead atoms. The van der Waals surface area contributed by atoms with E-state index in [4.69, 9.17) is 5.73 Å². The fourth-order valence-electron chi connectivity index (χ4n) is 1.64. The van der Waals surface area contributed by atoms with Gasteiger partial charge in [0.05, 0.1) is 0 Å². The first-order valence-electron chi connectivity index (χ1n) is 5.05. The van der Waals surface area contributed by atoms with Crippen molar-refractivity contribution < 1.29 is 0 Å². The minimum Gasteiger partial charge on any atom is -0.324 e. The van der Waals surface area contributed by atoms with Gasteiger partial charge in [-0.05, 0) is 11.6 Å². The number of hydrogen-bond acceptors (Lipinski definition) is 2. The van der Waals surface area contributed by atoms with E-state index in [1.54, 1.807) is 6.20 Å². The highest BCUT2D eigenvalue weighted by Crippen LogP contribution is 2.14. The number of nitrogens with two attached hydrogens (primary N) is 1. The number of nitrogens with zero attached hydrogens (tertiary/aromatic N) is 2. The summed E-state index contributed by atoms with van der Waals surface area (Å²) < 4.78 is 1.86. The zero-order chi connectivity index (χ0) is 10.7. The number of aromatic nitrogens is 2. The van der Waals surface area contributed by atoms with E-state index in [0.717, 1.165) is 12.1 Å². The molecule has 0 spiro atoms. The summed E-state index contributed by atoms with van der Waals surface area (Å²) in [5.74, 6) is 0. The average molecular weight is 201 g/mol. The SMILES string of the molecule is Cn1nccc1CC(N)c1ccccc1. The van der Waals surface area contributed by atoms with Gasteiger partial charge < -0.3 is 5.73 Å². The van der Waals surface area contributed by atoms with Crippen LogP contribution in [-0.2, 0) is 13.5 Å². The van der Waals surface area contributed by atoms with Crippen LogP contribution >= 0.6 is 0 Å². The largest absolute Gasteiger partial charge is 0.324 e. The maximum Gasteiger partial charge on any atom is 0.0492 e. The Balaban J connectivity index is 2.11. The molecule has 0 fully saturated rings. The van der Waals surface area contributed by atoms with E-state index in [1.807, 2.05) is 36.0 Å². The van der Waals surface area contributed by atoms with E-state index in [-0.39, 0.29) is 6.04 Å². The monoisotopic (exact) mass is 201 g/mol. The van der Waals surface area contributed by atoms with Gasteiger partial charge in [0.15, 0.2) is 0 Å². The van der Waals surface area contributed by atoms with Crippen molar-refractivity contribution in [2.45, 2.75) is 12.5 Å². The van der Waals surface area contributed by atoms with Gasteiger partial charge >= 0.3 is 0 Å². The molecular weight excluding hydrogens is 186 g/mol. The topological polar surface area (TPSA) is 43.8 Å². The fourth-order valence-corrected chi connectivity index (χ4v) is 1.64. The van der Waals surface area contributed by atoms with E-state index in [2.05, 4.69) is 17.2 Å². The van der Waals surface area contributed by atoms with Crippen LogP contribution in [0.15, 0.2) is 42.6 Å². The molecule has 15 heavy (non-hydrogen) atoms. The van der Waals surface area contributed by atoms with Crippen molar-refractivity contribution in [1.82, 2.24) is 9.78 Å². The van der Waals surface area contributed by atoms with Crippen molar-refractivity contribution in [3.63, 3.8) is 0 Å². The zero-order valence-electron chi connectivity index (χ0n) is 8.80. The third-order valence-corrected chi connectivity index (χ3v) is 2.58. The first-order chi connectivity index (χ1) is 7.27. The van der Waals surface area contributed by atoms with Crippen molar-refractivity contribution in [3.05, 3.63) is 53.9 Å². The van der Waals surface area contributed by atoms with Crippen LogP contribution in [0, 0.1) is 0 Å². The maximum absolute atomic E-state index is 6.11. The Morgan fingerprint density at radius 2 is 2.00 bits per heavy atom. The lowest BCUT2D eigenvalue weighted by Gasteiger charge is -2.11. The molecule has 1 aromatic carbocycles. The van der Waals surface area contributed by atoms with Gasteiger partial charge in [-0.3, -0.25) is 4.68 Å². The summed E-state index contributed by atoms with van der Waals surface area (Å²) in [6, 6.07) is 12.2. The van der Waals surface area contributed by atoms with Crippen LogP contribution in [0.1, 0.15) is 17.3 Å². The summed E-state index contributed by atoms with van der Waals surface area (Å²) in [4.78, 5) is 0. The smallest absolute Gasteiger partial charge is 0.0492 e. The Labute approximate surface area is 89.5 Å². The molecule has 0 saturated carbocycles. The van der Waals surface area contributed by atoms with E-state index in [9.17, 15) is 0 Å². The lowest BCUT2D eigenvalue weighted by atomic mass is 10.0. The molecule has 3 nitrogen and oxygen atoms in total. The molecule has 2 rings (SSSR count). The van der Waals surface area contributed by atoms with Crippen molar-refractivity contribution >= 4 is 0 Å². The third-order valence-electron chi connectivity index (χ3n) is 2.58. The molecule has 78 valence electrons. The molecule has 0 aliphatic rings. The minimum atomic E-state index is 0.0431. The molecule has 0 aliphatic carbocycles. The molecule has 3 heteroatoms. The Morgan fingerprint density at radius 1 is 1.27 bits per heavy atom. The van der Waals surface area contributed by atoms with Gasteiger partial charge in [0.25, 0.3) is 0 Å². The molecule has 1 unspecified atom stereocenters. The van der Waals surface area contributed by atoms with Crippen molar-refractivity contribution in [3.8, 4) is 0 Å². The van der Waals surface area contributed by atoms with Crippen molar-refractivity contribution in [1.29, 1.82) is 0 Å². The van der Waals surface area contributed by atoms with Crippen LogP contribution in [0.5, 0.6) is 0 Å². The summed E-state index contributed by atoms with van der Waals surface area (Å²) in [5.41, 5.74) is 8.44. The summed E-state index contributed by atoms with van der Waals surface area (Å²) in [6.45, 7) is 0. The number of hydrogen-bond donors (Lipinski definition) is 1. The molecule has 0 aliphatic heterocycles. The molecular formula is C12H15N3. The summed E-state index contributed by atoms with van der Waals surface area (Å²) in [7, 11) is 1.94. The fraction of sp³-hybridized carbons (Fsp3) is 0.250. The van der Waals surface area contributed by atoms with Crippen molar-refractivity contribution in [2.75, 3.05) is 0 Å². The van der Waals surface area contributed by atoms with E-state index < -0.39 is 0 Å². The van der Waals surface area contributed by atoms with Crippen LogP contribution in [-0.4, -0.2) is 9.78 Å². The molecule has 1 heterocycles. The van der Waals surface area contributed by atoms with Gasteiger partial charge in [0.2, 0.25) is 0 Å². The molecule has 2 aromatic rings. The Bertz CT molecular complexity index is 419. The van der Waals surface area contributed by atoms with Gasteiger partial charge in [0, 0.05) is 31.4 Å². The number of benzene rings is 1. The maximum atomic E-state index is 6.11. The highest BCUT2D eigenvalue weighted by molar-refractivity contribution is 5.20. The zero-order valence-corrected chi connectivity index (χ0v) is 8.80. The summed E-state index contributed by atoms with van der Waals surface area (Å²) in [5, 5.41) is 4.12. The van der Waals surface area contributed by atoms with E-state index in [1.165, 1.54) is 5.56 Å². The lowest BCUT2D eigenvalue weighted by molar-refractivity contribution is 0.642. The molecule has 0 amide bonds. The molecule has 2 N–H and O–H groups in total. The van der Waals surface area contributed by atoms with E-state index >= 15 is 0 Å². The number of rotatable bonds is 3. The Kier molecular flexibility index (Phi) is 2.83. The average Bonchev–Trinajstić information content (AvgIpc) is 2.66. The highest BCUT2D eigenvalue weighted by Gasteiger charge is 2.08. The predicted molar refractivity (Wildman–Crippen MR) is 60.3 cm³/mol. The third kappa shape index (κ3) is 2.25. The van der Waals surface area contributed by atoms with Gasteiger partial charge in [-0.2, -0.15) is 5.10 Å². The van der Waals surface area contributed by atoms with Gasteiger partial charge in [-0.25, -0.2) is 0 Å². The standard InChI is InChI=1S/C12H15N3/c1-15-11(7-8-14-15)9-12(13)10-5-3-2-4-6-10/h2-8,12H,9,13H2,1H3. The predicted octanol–water partition coefficient (Wildman–Crippen LogP) is 1.66. The summed E-state index contributed by atoms with van der Waals surface area (Å²) in [6.07, 6.45) is 2.62. The van der Waals surface area contributed by atoms with Crippen LogP contribution in [0.2, 0.25) is 0 Å². The quantitative estimate of drug-likeness (QED) is 0.820. The van der Waals surface area contributed by atoms with Gasteiger partial charge in [0.1, 0.15) is 0 Å². The first-order valence-corrected chi connectivity index (χ1v) is 5.05. The van der Waals surface area contributed by atoms with Crippen LogP contribution in [0.25, 0.3) is 0 Å². The van der Waals surface area contributed by atoms with Gasteiger partial charge in [-0.1, -0.05) is 30.3 Å². The molecule has 1 atom stereocenters. The second kappa shape index (κ2) is 4.28. The second-order valence-corrected chi connectivity index (χ2v) is 3.67. The second-order valence-electron chi connectivity index (χ2n) is 3.67. The molecule has 0 radical (unpaired) electrons. The van der Waals surface area contributed by atoms with Crippen molar-refractivity contribution in [2.24, 2.45) is 12.8 Å². The summed E-state index contributed by atoms with van der Waals surface area (Å²) >= 11 is 0. The van der Waals surface area contributed by atoms with Crippen LogP contribution < -0.4 is 5.73 Å². The minimum absolute atomic E-state index is 0.0431. The molecule has 1 aromatic heterocycles.